The summed E-state index contributed by atoms with van der Waals surface area (Å²) in [4.78, 5) is 0. The van der Waals surface area contributed by atoms with Crippen LogP contribution in [0.15, 0.2) is 103 Å². The molecule has 1 nitrogen and oxygen atoms in total. The lowest BCUT2D eigenvalue weighted by Crippen LogP contribution is -2.06. The summed E-state index contributed by atoms with van der Waals surface area (Å²) in [6.45, 7) is 4.87. The molecular formula is C28H26O. The first kappa shape index (κ1) is 19.0. The van der Waals surface area contributed by atoms with Crippen LogP contribution in [0.4, 0.5) is 0 Å². The fraction of sp³-hybridized carbons (Fsp3) is 0.143. The Morgan fingerprint density at radius 1 is 0.586 bits per heavy atom. The lowest BCUT2D eigenvalue weighted by atomic mass is 9.84. The van der Waals surface area contributed by atoms with E-state index in [-0.39, 0.29) is 5.92 Å². The Morgan fingerprint density at radius 3 is 1.52 bits per heavy atom. The maximum atomic E-state index is 6.20. The molecule has 0 unspecified atom stereocenters. The largest absolute Gasteiger partial charge is 0.488 e. The first-order chi connectivity index (χ1) is 14.2. The van der Waals surface area contributed by atoms with E-state index in [0.717, 1.165) is 5.75 Å². The molecule has 4 rings (SSSR count). The predicted molar refractivity (Wildman–Crippen MR) is 121 cm³/mol. The topological polar surface area (TPSA) is 9.23 Å². The zero-order chi connectivity index (χ0) is 20.1. The summed E-state index contributed by atoms with van der Waals surface area (Å²) in [5, 5.41) is 0. The van der Waals surface area contributed by atoms with Crippen LogP contribution in [0, 0.1) is 13.8 Å². The zero-order valence-electron chi connectivity index (χ0n) is 17.0. The quantitative estimate of drug-likeness (QED) is 0.326. The van der Waals surface area contributed by atoms with Crippen LogP contribution in [-0.2, 0) is 6.61 Å². The van der Waals surface area contributed by atoms with Crippen molar-refractivity contribution in [2.24, 2.45) is 0 Å². The number of rotatable bonds is 6. The SMILES string of the molecule is Cc1cc(C(c2ccccc2)c2ccccc2)cc(C)c1OCc1ccccc1. The van der Waals surface area contributed by atoms with Crippen molar-refractivity contribution in [3.8, 4) is 5.75 Å². The van der Waals surface area contributed by atoms with Gasteiger partial charge < -0.3 is 4.74 Å². The van der Waals surface area contributed by atoms with Crippen molar-refractivity contribution in [1.82, 2.24) is 0 Å². The van der Waals surface area contributed by atoms with Gasteiger partial charge in [0.2, 0.25) is 0 Å². The Balaban J connectivity index is 1.69. The molecule has 0 aliphatic carbocycles. The third-order valence-electron chi connectivity index (χ3n) is 5.31. The first-order valence-corrected chi connectivity index (χ1v) is 10.1. The van der Waals surface area contributed by atoms with Gasteiger partial charge in [-0.15, -0.1) is 0 Å². The van der Waals surface area contributed by atoms with Crippen LogP contribution in [0.5, 0.6) is 5.75 Å². The van der Waals surface area contributed by atoms with Crippen molar-refractivity contribution in [3.63, 3.8) is 0 Å². The molecule has 0 spiro atoms. The van der Waals surface area contributed by atoms with Crippen LogP contribution in [0.2, 0.25) is 0 Å². The molecule has 0 bridgehead atoms. The minimum Gasteiger partial charge on any atom is -0.488 e. The fourth-order valence-electron chi connectivity index (χ4n) is 3.98. The molecule has 0 atom stereocenters. The van der Waals surface area contributed by atoms with E-state index in [1.165, 1.54) is 33.4 Å². The molecular weight excluding hydrogens is 352 g/mol. The molecule has 0 fully saturated rings. The van der Waals surface area contributed by atoms with E-state index in [4.69, 9.17) is 4.74 Å². The second-order valence-electron chi connectivity index (χ2n) is 7.51. The van der Waals surface area contributed by atoms with E-state index >= 15 is 0 Å². The van der Waals surface area contributed by atoms with Crippen LogP contribution in [-0.4, -0.2) is 0 Å². The van der Waals surface area contributed by atoms with Gasteiger partial charge in [-0.3, -0.25) is 0 Å². The van der Waals surface area contributed by atoms with Gasteiger partial charge in [-0.1, -0.05) is 103 Å². The lowest BCUT2D eigenvalue weighted by molar-refractivity contribution is 0.302. The molecule has 0 heterocycles. The van der Waals surface area contributed by atoms with E-state index < -0.39 is 0 Å². The first-order valence-electron chi connectivity index (χ1n) is 10.1. The summed E-state index contributed by atoms with van der Waals surface area (Å²) >= 11 is 0. The molecule has 29 heavy (non-hydrogen) atoms. The predicted octanol–water partition coefficient (Wildman–Crippen LogP) is 7.06. The Morgan fingerprint density at radius 2 is 1.03 bits per heavy atom. The highest BCUT2D eigenvalue weighted by atomic mass is 16.5. The maximum absolute atomic E-state index is 6.20. The summed E-state index contributed by atoms with van der Waals surface area (Å²) in [5.74, 6) is 1.19. The molecule has 0 saturated heterocycles. The Labute approximate surface area is 173 Å². The maximum Gasteiger partial charge on any atom is 0.125 e. The van der Waals surface area contributed by atoms with E-state index in [1.807, 2.05) is 18.2 Å². The van der Waals surface area contributed by atoms with Gasteiger partial charge in [0.25, 0.3) is 0 Å². The van der Waals surface area contributed by atoms with Gasteiger partial charge in [-0.2, -0.15) is 0 Å². The van der Waals surface area contributed by atoms with E-state index in [0.29, 0.717) is 6.61 Å². The van der Waals surface area contributed by atoms with Crippen LogP contribution < -0.4 is 4.74 Å². The van der Waals surface area contributed by atoms with Gasteiger partial charge in [0, 0.05) is 5.92 Å². The molecule has 0 amide bonds. The smallest absolute Gasteiger partial charge is 0.125 e. The van der Waals surface area contributed by atoms with Crippen molar-refractivity contribution in [2.75, 3.05) is 0 Å². The van der Waals surface area contributed by atoms with Crippen LogP contribution >= 0.6 is 0 Å². The molecule has 144 valence electrons. The van der Waals surface area contributed by atoms with Crippen LogP contribution in [0.1, 0.15) is 39.3 Å². The second-order valence-corrected chi connectivity index (χ2v) is 7.51. The fourth-order valence-corrected chi connectivity index (χ4v) is 3.98. The third-order valence-corrected chi connectivity index (χ3v) is 5.31. The highest BCUT2D eigenvalue weighted by Gasteiger charge is 2.19. The molecule has 4 aromatic rings. The minimum absolute atomic E-state index is 0.206. The number of aryl methyl sites for hydroxylation is 2. The van der Waals surface area contributed by atoms with Crippen molar-refractivity contribution >= 4 is 0 Å². The van der Waals surface area contributed by atoms with Crippen LogP contribution in [0.25, 0.3) is 0 Å². The number of hydrogen-bond acceptors (Lipinski definition) is 1. The molecule has 0 saturated carbocycles. The van der Waals surface area contributed by atoms with Crippen molar-refractivity contribution < 1.29 is 4.74 Å². The average Bonchev–Trinajstić information content (AvgIpc) is 2.76. The Bertz CT molecular complexity index is 991. The average molecular weight is 379 g/mol. The summed E-state index contributed by atoms with van der Waals surface area (Å²) in [6.07, 6.45) is 0. The number of benzene rings is 4. The zero-order valence-corrected chi connectivity index (χ0v) is 17.0. The Kier molecular flexibility index (Phi) is 5.76. The standard InChI is InChI=1S/C28H26O/c1-21-18-26(19-22(2)28(21)29-20-23-12-6-3-7-13-23)27(24-14-8-4-9-15-24)25-16-10-5-11-17-25/h3-19,27H,20H2,1-2H3. The molecule has 0 aliphatic rings. The molecule has 4 aromatic carbocycles. The van der Waals surface area contributed by atoms with Gasteiger partial charge in [-0.05, 0) is 47.2 Å². The molecule has 0 N–H and O–H groups in total. The lowest BCUT2D eigenvalue weighted by Gasteiger charge is -2.22. The van der Waals surface area contributed by atoms with E-state index in [9.17, 15) is 0 Å². The molecule has 0 radical (unpaired) electrons. The van der Waals surface area contributed by atoms with Gasteiger partial charge in [0.05, 0.1) is 0 Å². The minimum atomic E-state index is 0.206. The highest BCUT2D eigenvalue weighted by molar-refractivity contribution is 5.50. The van der Waals surface area contributed by atoms with Gasteiger partial charge in [0.1, 0.15) is 12.4 Å². The van der Waals surface area contributed by atoms with Gasteiger partial charge in [-0.25, -0.2) is 0 Å². The van der Waals surface area contributed by atoms with Gasteiger partial charge in [0.15, 0.2) is 0 Å². The van der Waals surface area contributed by atoms with Gasteiger partial charge >= 0.3 is 0 Å². The van der Waals surface area contributed by atoms with E-state index in [2.05, 4.69) is 98.8 Å². The highest BCUT2D eigenvalue weighted by Crippen LogP contribution is 2.36. The van der Waals surface area contributed by atoms with Crippen LogP contribution in [0.3, 0.4) is 0 Å². The van der Waals surface area contributed by atoms with Crippen molar-refractivity contribution in [2.45, 2.75) is 26.4 Å². The third kappa shape index (κ3) is 4.41. The Hall–Kier alpha value is -3.32. The monoisotopic (exact) mass is 378 g/mol. The summed E-state index contributed by atoms with van der Waals surface area (Å²) in [7, 11) is 0. The number of ether oxygens (including phenoxy) is 1. The summed E-state index contributed by atoms with van der Waals surface area (Å²) in [5.41, 5.74) is 7.43. The van der Waals surface area contributed by atoms with E-state index in [1.54, 1.807) is 0 Å². The van der Waals surface area contributed by atoms with Crippen molar-refractivity contribution in [3.05, 3.63) is 137 Å². The molecule has 0 aromatic heterocycles. The normalized spacial score (nSPS) is 10.9. The van der Waals surface area contributed by atoms with Crippen molar-refractivity contribution in [1.29, 1.82) is 0 Å². The molecule has 0 aliphatic heterocycles. The summed E-state index contributed by atoms with van der Waals surface area (Å²) in [6, 6.07) is 36.3. The summed E-state index contributed by atoms with van der Waals surface area (Å²) < 4.78 is 6.20. The number of hydrogen-bond donors (Lipinski definition) is 0. The second kappa shape index (κ2) is 8.79. The molecule has 1 heteroatoms.